The van der Waals surface area contributed by atoms with E-state index in [4.69, 9.17) is 10.8 Å². The van der Waals surface area contributed by atoms with Crippen molar-refractivity contribution in [2.45, 2.75) is 6.42 Å². The van der Waals surface area contributed by atoms with Crippen LogP contribution in [0.1, 0.15) is 6.42 Å². The van der Waals surface area contributed by atoms with Crippen molar-refractivity contribution in [2.24, 2.45) is 0 Å². The third kappa shape index (κ3) is 2.71. The minimum absolute atomic E-state index is 0.119. The van der Waals surface area contributed by atoms with Crippen molar-refractivity contribution in [3.63, 3.8) is 0 Å². The summed E-state index contributed by atoms with van der Waals surface area (Å²) in [7, 11) is 0. The Bertz CT molecular complexity index is 459. The van der Waals surface area contributed by atoms with Crippen LogP contribution in [0.2, 0.25) is 0 Å². The topological polar surface area (TPSA) is 67.9 Å². The number of hydrogen-bond donors (Lipinski definition) is 3. The molecule has 0 radical (unpaired) electrons. The molecule has 6 heteroatoms. The SMILES string of the molecule is N=C(N1CCCNCC1)n1cc(F)ccc1=N. The molecule has 1 saturated heterocycles. The molecule has 0 amide bonds. The number of nitrogens with one attached hydrogen (secondary N) is 3. The number of pyridine rings is 1. The third-order valence-electron chi connectivity index (χ3n) is 2.78. The van der Waals surface area contributed by atoms with Gasteiger partial charge in [0, 0.05) is 25.8 Å². The van der Waals surface area contributed by atoms with Gasteiger partial charge in [0.15, 0.2) is 0 Å². The molecule has 1 aliphatic rings. The van der Waals surface area contributed by atoms with Crippen LogP contribution in [0.4, 0.5) is 4.39 Å². The van der Waals surface area contributed by atoms with Crippen LogP contribution in [0.5, 0.6) is 0 Å². The Labute approximate surface area is 98.9 Å². The summed E-state index contributed by atoms with van der Waals surface area (Å²) < 4.78 is 14.4. The van der Waals surface area contributed by atoms with Crippen molar-refractivity contribution in [1.82, 2.24) is 14.8 Å². The fraction of sp³-hybridized carbons (Fsp3) is 0.455. The Balaban J connectivity index is 2.23. The van der Waals surface area contributed by atoms with Crippen LogP contribution in [-0.4, -0.2) is 41.6 Å². The van der Waals surface area contributed by atoms with Crippen molar-refractivity contribution in [3.05, 3.63) is 29.6 Å². The number of hydrogen-bond acceptors (Lipinski definition) is 3. The molecule has 2 heterocycles. The first-order valence-electron chi connectivity index (χ1n) is 5.66. The number of rotatable bonds is 0. The smallest absolute Gasteiger partial charge is 0.203 e. The van der Waals surface area contributed by atoms with Crippen molar-refractivity contribution in [1.29, 1.82) is 10.8 Å². The highest BCUT2D eigenvalue weighted by molar-refractivity contribution is 5.79. The maximum Gasteiger partial charge on any atom is 0.203 e. The van der Waals surface area contributed by atoms with Crippen molar-refractivity contribution in [3.8, 4) is 0 Å². The fourth-order valence-electron chi connectivity index (χ4n) is 1.86. The van der Waals surface area contributed by atoms with E-state index in [-0.39, 0.29) is 11.4 Å². The van der Waals surface area contributed by atoms with Crippen LogP contribution in [0, 0.1) is 16.6 Å². The molecule has 1 aromatic rings. The van der Waals surface area contributed by atoms with E-state index in [2.05, 4.69) is 5.32 Å². The average Bonchev–Trinajstić information content (AvgIpc) is 2.60. The third-order valence-corrected chi connectivity index (χ3v) is 2.78. The van der Waals surface area contributed by atoms with E-state index >= 15 is 0 Å². The van der Waals surface area contributed by atoms with Crippen LogP contribution in [-0.2, 0) is 0 Å². The van der Waals surface area contributed by atoms with Gasteiger partial charge in [-0.25, -0.2) is 4.39 Å². The summed E-state index contributed by atoms with van der Waals surface area (Å²) in [4.78, 5) is 1.86. The lowest BCUT2D eigenvalue weighted by Gasteiger charge is -2.23. The van der Waals surface area contributed by atoms with Crippen molar-refractivity contribution < 1.29 is 4.39 Å². The van der Waals surface area contributed by atoms with Gasteiger partial charge in [0.2, 0.25) is 5.96 Å². The zero-order valence-electron chi connectivity index (χ0n) is 9.54. The summed E-state index contributed by atoms with van der Waals surface area (Å²) in [6.07, 6.45) is 2.13. The van der Waals surface area contributed by atoms with Gasteiger partial charge in [-0.1, -0.05) is 0 Å². The molecule has 0 saturated carbocycles. The Morgan fingerprint density at radius 1 is 1.29 bits per heavy atom. The van der Waals surface area contributed by atoms with Crippen molar-refractivity contribution >= 4 is 5.96 Å². The van der Waals surface area contributed by atoms with E-state index in [1.54, 1.807) is 0 Å². The van der Waals surface area contributed by atoms with Gasteiger partial charge >= 0.3 is 0 Å². The number of halogens is 1. The number of nitrogens with zero attached hydrogens (tertiary/aromatic N) is 2. The van der Waals surface area contributed by atoms with Crippen LogP contribution in [0.15, 0.2) is 18.3 Å². The van der Waals surface area contributed by atoms with Gasteiger partial charge in [0.1, 0.15) is 11.3 Å². The van der Waals surface area contributed by atoms with E-state index in [0.717, 1.165) is 26.1 Å². The van der Waals surface area contributed by atoms with Crippen LogP contribution in [0.25, 0.3) is 0 Å². The lowest BCUT2D eigenvalue weighted by molar-refractivity contribution is 0.425. The van der Waals surface area contributed by atoms with Gasteiger partial charge in [-0.05, 0) is 25.1 Å². The summed E-state index contributed by atoms with van der Waals surface area (Å²) in [5.41, 5.74) is 0.119. The molecule has 0 unspecified atom stereocenters. The molecule has 17 heavy (non-hydrogen) atoms. The quantitative estimate of drug-likeness (QED) is 0.445. The maximum atomic E-state index is 13.1. The van der Waals surface area contributed by atoms with Crippen molar-refractivity contribution in [2.75, 3.05) is 26.2 Å². The lowest BCUT2D eigenvalue weighted by Crippen LogP contribution is -2.42. The first kappa shape index (κ1) is 11.8. The molecular formula is C11H16FN5. The van der Waals surface area contributed by atoms with Gasteiger partial charge in [-0.3, -0.25) is 15.4 Å². The molecule has 0 aliphatic carbocycles. The lowest BCUT2D eigenvalue weighted by atomic mass is 10.4. The Morgan fingerprint density at radius 3 is 2.94 bits per heavy atom. The van der Waals surface area contributed by atoms with Crippen LogP contribution in [0.3, 0.4) is 0 Å². The van der Waals surface area contributed by atoms with Crippen LogP contribution < -0.4 is 10.8 Å². The summed E-state index contributed by atoms with van der Waals surface area (Å²) in [5.74, 6) is -0.267. The van der Waals surface area contributed by atoms with Gasteiger partial charge in [-0.15, -0.1) is 0 Å². The fourth-order valence-corrected chi connectivity index (χ4v) is 1.86. The molecule has 0 spiro atoms. The zero-order valence-corrected chi connectivity index (χ0v) is 9.54. The predicted octanol–water partition coefficient (Wildman–Crippen LogP) is 0.185. The van der Waals surface area contributed by atoms with E-state index in [1.807, 2.05) is 4.90 Å². The second kappa shape index (κ2) is 5.09. The zero-order chi connectivity index (χ0) is 12.3. The minimum atomic E-state index is -0.432. The highest BCUT2D eigenvalue weighted by Crippen LogP contribution is 1.99. The monoisotopic (exact) mass is 237 g/mol. The predicted molar refractivity (Wildman–Crippen MR) is 62.4 cm³/mol. The Morgan fingerprint density at radius 2 is 2.12 bits per heavy atom. The molecule has 2 rings (SSSR count). The van der Waals surface area contributed by atoms with E-state index in [0.29, 0.717) is 6.54 Å². The molecule has 1 aromatic heterocycles. The Hall–Kier alpha value is -1.69. The van der Waals surface area contributed by atoms with Gasteiger partial charge in [-0.2, -0.15) is 0 Å². The maximum absolute atomic E-state index is 13.1. The molecule has 1 fully saturated rings. The van der Waals surface area contributed by atoms with E-state index < -0.39 is 5.82 Å². The molecule has 0 atom stereocenters. The molecule has 92 valence electrons. The Kier molecular flexibility index (Phi) is 3.53. The van der Waals surface area contributed by atoms with Gasteiger partial charge in [0.25, 0.3) is 0 Å². The second-order valence-corrected chi connectivity index (χ2v) is 4.02. The standard InChI is InChI=1S/C11H16FN5/c12-9-2-3-10(13)17(8-9)11(14)16-6-1-4-15-5-7-16/h2-3,8,13-15H,1,4-7H2. The van der Waals surface area contributed by atoms with Gasteiger partial charge < -0.3 is 10.2 Å². The summed E-state index contributed by atoms with van der Waals surface area (Å²) in [6.45, 7) is 3.22. The summed E-state index contributed by atoms with van der Waals surface area (Å²) in [5, 5.41) is 19.0. The van der Waals surface area contributed by atoms with Gasteiger partial charge in [0.05, 0.1) is 0 Å². The number of aromatic nitrogens is 1. The molecule has 3 N–H and O–H groups in total. The normalized spacial score (nSPS) is 16.6. The first-order valence-corrected chi connectivity index (χ1v) is 5.66. The summed E-state index contributed by atoms with van der Waals surface area (Å²) in [6, 6.07) is 2.59. The molecule has 0 aromatic carbocycles. The van der Waals surface area contributed by atoms with Crippen LogP contribution >= 0.6 is 0 Å². The van der Waals surface area contributed by atoms with E-state index in [1.165, 1.54) is 22.9 Å². The summed E-state index contributed by atoms with van der Waals surface area (Å²) >= 11 is 0. The average molecular weight is 237 g/mol. The highest BCUT2D eigenvalue weighted by atomic mass is 19.1. The molecule has 5 nitrogen and oxygen atoms in total. The second-order valence-electron chi connectivity index (χ2n) is 4.02. The van der Waals surface area contributed by atoms with E-state index in [9.17, 15) is 4.39 Å². The molecule has 1 aliphatic heterocycles. The minimum Gasteiger partial charge on any atom is -0.341 e. The highest BCUT2D eigenvalue weighted by Gasteiger charge is 2.14. The molecule has 0 bridgehead atoms. The largest absolute Gasteiger partial charge is 0.341 e. The first-order chi connectivity index (χ1) is 8.18. The molecular weight excluding hydrogens is 221 g/mol.